The van der Waals surface area contributed by atoms with Gasteiger partial charge in [0, 0.05) is 18.1 Å². The molecule has 1 aliphatic rings. The van der Waals surface area contributed by atoms with Gasteiger partial charge >= 0.3 is 0 Å². The largest absolute Gasteiger partial charge is 0.508 e. The molecule has 2 rings (SSSR count). The van der Waals surface area contributed by atoms with Crippen molar-refractivity contribution in [3.8, 4) is 5.75 Å². The summed E-state index contributed by atoms with van der Waals surface area (Å²) in [6, 6.07) is 3.37. The van der Waals surface area contributed by atoms with Gasteiger partial charge in [-0.2, -0.15) is 0 Å². The van der Waals surface area contributed by atoms with E-state index in [2.05, 4.69) is 5.32 Å². The minimum absolute atomic E-state index is 0.00248. The Morgan fingerprint density at radius 2 is 2.13 bits per heavy atom. The van der Waals surface area contributed by atoms with Crippen molar-refractivity contribution < 1.29 is 14.7 Å². The average molecular weight is 206 g/mol. The number of hydrogen-bond donors (Lipinski definition) is 3. The minimum Gasteiger partial charge on any atom is -0.508 e. The van der Waals surface area contributed by atoms with E-state index in [9.17, 15) is 14.7 Å². The quantitative estimate of drug-likeness (QED) is 0.567. The van der Waals surface area contributed by atoms with Gasteiger partial charge in [0.05, 0.1) is 11.7 Å². The third kappa shape index (κ3) is 1.69. The Labute approximate surface area is 85.9 Å². The van der Waals surface area contributed by atoms with Gasteiger partial charge in [0.15, 0.2) is 5.78 Å². The number of nitrogens with two attached hydrogens (primary N) is 1. The van der Waals surface area contributed by atoms with Crippen LogP contribution in [0.3, 0.4) is 0 Å². The highest BCUT2D eigenvalue weighted by atomic mass is 16.3. The second-order valence-electron chi connectivity index (χ2n) is 3.45. The van der Waals surface area contributed by atoms with Crippen LogP contribution in [0, 0.1) is 0 Å². The zero-order chi connectivity index (χ0) is 11.0. The number of carbonyl (C=O) groups excluding carboxylic acids is 2. The lowest BCUT2D eigenvalue weighted by Crippen LogP contribution is -2.31. The Kier molecular flexibility index (Phi) is 2.17. The summed E-state index contributed by atoms with van der Waals surface area (Å²) in [5, 5.41) is 11.7. The molecule has 0 fully saturated rings. The zero-order valence-electron chi connectivity index (χ0n) is 7.86. The Bertz CT molecular complexity index is 442. The molecule has 1 aromatic rings. The van der Waals surface area contributed by atoms with Crippen LogP contribution in [0.5, 0.6) is 5.75 Å². The molecular weight excluding hydrogens is 196 g/mol. The number of phenols is 1. The molecule has 0 spiro atoms. The number of rotatable bonds is 0. The minimum atomic E-state index is -0.809. The highest BCUT2D eigenvalue weighted by Crippen LogP contribution is 2.25. The van der Waals surface area contributed by atoms with Gasteiger partial charge in [0.2, 0.25) is 5.91 Å². The lowest BCUT2D eigenvalue weighted by atomic mass is 10.0. The molecule has 0 aromatic heterocycles. The Hall–Kier alpha value is -1.88. The van der Waals surface area contributed by atoms with Crippen LogP contribution in [0.4, 0.5) is 5.69 Å². The molecule has 78 valence electrons. The average Bonchev–Trinajstić information content (AvgIpc) is 2.25. The molecule has 0 bridgehead atoms. The van der Waals surface area contributed by atoms with Crippen molar-refractivity contribution in [3.63, 3.8) is 0 Å². The monoisotopic (exact) mass is 206 g/mol. The molecular formula is C10H10N2O3. The number of ketones is 1. The van der Waals surface area contributed by atoms with E-state index in [0.29, 0.717) is 11.3 Å². The molecule has 0 aliphatic carbocycles. The van der Waals surface area contributed by atoms with Crippen LogP contribution in [0.2, 0.25) is 0 Å². The molecule has 1 unspecified atom stereocenters. The summed E-state index contributed by atoms with van der Waals surface area (Å²) >= 11 is 0. The van der Waals surface area contributed by atoms with E-state index in [0.717, 1.165) is 0 Å². The third-order valence-corrected chi connectivity index (χ3v) is 2.28. The number of phenolic OH excluding ortho intramolecular Hbond substituents is 1. The highest BCUT2D eigenvalue weighted by molar-refractivity contribution is 6.12. The standard InChI is InChI=1S/C10H10N2O3/c11-7-4-9(14)12-8-3-5(13)1-2-6(8)10(7)15/h1-3,7,13H,4,11H2,(H,12,14). The van der Waals surface area contributed by atoms with Crippen LogP contribution in [-0.2, 0) is 4.79 Å². The number of nitrogens with one attached hydrogen (secondary N) is 1. The fourth-order valence-electron chi connectivity index (χ4n) is 1.54. The predicted octanol–water partition coefficient (Wildman–Crippen LogP) is 0.244. The van der Waals surface area contributed by atoms with E-state index < -0.39 is 6.04 Å². The number of benzene rings is 1. The van der Waals surface area contributed by atoms with Crippen LogP contribution in [0.1, 0.15) is 16.8 Å². The van der Waals surface area contributed by atoms with Crippen LogP contribution >= 0.6 is 0 Å². The van der Waals surface area contributed by atoms with Gasteiger partial charge in [-0.1, -0.05) is 0 Å². The molecule has 1 heterocycles. The first-order valence-electron chi connectivity index (χ1n) is 4.50. The molecule has 5 nitrogen and oxygen atoms in total. The second-order valence-corrected chi connectivity index (χ2v) is 3.45. The normalized spacial score (nSPS) is 20.5. The predicted molar refractivity (Wildman–Crippen MR) is 53.7 cm³/mol. The Morgan fingerprint density at radius 3 is 2.87 bits per heavy atom. The summed E-state index contributed by atoms with van der Waals surface area (Å²) < 4.78 is 0. The molecule has 1 atom stereocenters. The fraction of sp³-hybridized carbons (Fsp3) is 0.200. The summed E-state index contributed by atoms with van der Waals surface area (Å²) in [7, 11) is 0. The summed E-state index contributed by atoms with van der Waals surface area (Å²) in [6.45, 7) is 0. The van der Waals surface area contributed by atoms with Gasteiger partial charge in [-0.3, -0.25) is 9.59 Å². The van der Waals surface area contributed by atoms with Crippen molar-refractivity contribution in [3.05, 3.63) is 23.8 Å². The number of Topliss-reactive ketones (excluding diaryl/α,β-unsaturated/α-hetero) is 1. The van der Waals surface area contributed by atoms with Gasteiger partial charge in [-0.05, 0) is 12.1 Å². The molecule has 1 aliphatic heterocycles. The van der Waals surface area contributed by atoms with E-state index in [-0.39, 0.29) is 23.9 Å². The SMILES string of the molecule is NC1CC(=O)Nc2cc(O)ccc2C1=O. The third-order valence-electron chi connectivity index (χ3n) is 2.28. The maximum atomic E-state index is 11.7. The lowest BCUT2D eigenvalue weighted by molar-refractivity contribution is -0.116. The number of amides is 1. The summed E-state index contributed by atoms with van der Waals surface area (Å²) in [6.07, 6.45) is -0.0335. The fourth-order valence-corrected chi connectivity index (χ4v) is 1.54. The molecule has 0 radical (unpaired) electrons. The maximum absolute atomic E-state index is 11.7. The molecule has 0 saturated heterocycles. The van der Waals surface area contributed by atoms with E-state index in [1.807, 2.05) is 0 Å². The molecule has 1 amide bonds. The zero-order valence-corrected chi connectivity index (χ0v) is 7.86. The van der Waals surface area contributed by atoms with E-state index in [1.165, 1.54) is 18.2 Å². The van der Waals surface area contributed by atoms with Crippen molar-refractivity contribution in [1.29, 1.82) is 0 Å². The first-order chi connectivity index (χ1) is 7.08. The van der Waals surface area contributed by atoms with Crippen LogP contribution in [-0.4, -0.2) is 22.8 Å². The highest BCUT2D eigenvalue weighted by Gasteiger charge is 2.26. The number of anilines is 1. The van der Waals surface area contributed by atoms with Crippen LogP contribution < -0.4 is 11.1 Å². The van der Waals surface area contributed by atoms with Gasteiger partial charge in [-0.15, -0.1) is 0 Å². The van der Waals surface area contributed by atoms with E-state index in [4.69, 9.17) is 5.73 Å². The molecule has 4 N–H and O–H groups in total. The van der Waals surface area contributed by atoms with Gasteiger partial charge in [0.25, 0.3) is 0 Å². The van der Waals surface area contributed by atoms with Gasteiger partial charge in [-0.25, -0.2) is 0 Å². The Morgan fingerprint density at radius 1 is 1.40 bits per heavy atom. The molecule has 0 saturated carbocycles. The van der Waals surface area contributed by atoms with Crippen molar-refractivity contribution in [2.75, 3.05) is 5.32 Å². The van der Waals surface area contributed by atoms with Crippen molar-refractivity contribution in [2.24, 2.45) is 5.73 Å². The second kappa shape index (κ2) is 3.36. The van der Waals surface area contributed by atoms with Crippen LogP contribution in [0.15, 0.2) is 18.2 Å². The number of carbonyl (C=O) groups is 2. The number of hydrogen-bond acceptors (Lipinski definition) is 4. The van der Waals surface area contributed by atoms with Crippen LogP contribution in [0.25, 0.3) is 0 Å². The first kappa shape index (κ1) is 9.67. The summed E-state index contributed by atoms with van der Waals surface area (Å²) in [5.74, 6) is -0.610. The summed E-state index contributed by atoms with van der Waals surface area (Å²) in [4.78, 5) is 23.0. The van der Waals surface area contributed by atoms with Crippen molar-refractivity contribution >= 4 is 17.4 Å². The number of aromatic hydroxyl groups is 1. The summed E-state index contributed by atoms with van der Waals surface area (Å²) in [5.41, 5.74) is 6.21. The Balaban J connectivity index is 2.54. The maximum Gasteiger partial charge on any atom is 0.226 e. The first-order valence-corrected chi connectivity index (χ1v) is 4.50. The smallest absolute Gasteiger partial charge is 0.226 e. The molecule has 1 aromatic carbocycles. The topological polar surface area (TPSA) is 92.4 Å². The van der Waals surface area contributed by atoms with Gasteiger partial charge in [0.1, 0.15) is 5.75 Å². The number of fused-ring (bicyclic) bond motifs is 1. The molecule has 5 heteroatoms. The lowest BCUT2D eigenvalue weighted by Gasteiger charge is -2.06. The van der Waals surface area contributed by atoms with Crippen molar-refractivity contribution in [2.45, 2.75) is 12.5 Å². The van der Waals surface area contributed by atoms with E-state index >= 15 is 0 Å². The van der Waals surface area contributed by atoms with E-state index in [1.54, 1.807) is 0 Å². The van der Waals surface area contributed by atoms with Gasteiger partial charge < -0.3 is 16.2 Å². The molecule has 15 heavy (non-hydrogen) atoms. The van der Waals surface area contributed by atoms with Crippen molar-refractivity contribution in [1.82, 2.24) is 0 Å².